The zero-order chi connectivity index (χ0) is 16.5. The number of carbonyl (C=O) groups excluding carboxylic acids is 2. The number of ether oxygens (including phenoxy) is 1. The first kappa shape index (κ1) is 17.0. The van der Waals surface area contributed by atoms with Crippen molar-refractivity contribution in [2.45, 2.75) is 40.7 Å². The van der Waals surface area contributed by atoms with E-state index in [2.05, 4.69) is 5.32 Å². The van der Waals surface area contributed by atoms with Gasteiger partial charge in [-0.3, -0.25) is 9.59 Å². The van der Waals surface area contributed by atoms with Gasteiger partial charge in [0.2, 0.25) is 5.91 Å². The van der Waals surface area contributed by atoms with Gasteiger partial charge in [-0.25, -0.2) is 0 Å². The molecule has 5 nitrogen and oxygen atoms in total. The summed E-state index contributed by atoms with van der Waals surface area (Å²) >= 11 is 1.34. The summed E-state index contributed by atoms with van der Waals surface area (Å²) < 4.78 is 5.47. The number of nitrogens with zero attached hydrogens (tertiary/aromatic N) is 1. The summed E-state index contributed by atoms with van der Waals surface area (Å²) in [6.45, 7) is 11.3. The van der Waals surface area contributed by atoms with Crippen LogP contribution in [0.25, 0.3) is 0 Å². The minimum absolute atomic E-state index is 0.0221. The first-order valence-electron chi connectivity index (χ1n) is 7.51. The molecule has 0 spiro atoms. The number of thiophene rings is 1. The van der Waals surface area contributed by atoms with Crippen LogP contribution in [0.1, 0.15) is 42.9 Å². The number of aryl methyl sites for hydroxylation is 1. The molecule has 2 amide bonds. The lowest BCUT2D eigenvalue weighted by atomic mass is 9.96. The summed E-state index contributed by atoms with van der Waals surface area (Å²) in [7, 11) is 0. The summed E-state index contributed by atoms with van der Waals surface area (Å²) in [4.78, 5) is 27.2. The van der Waals surface area contributed by atoms with Crippen LogP contribution in [0.5, 0.6) is 0 Å². The maximum atomic E-state index is 12.6. The molecule has 0 aliphatic carbocycles. The predicted octanol–water partition coefficient (Wildman–Crippen LogP) is 2.90. The fourth-order valence-corrected chi connectivity index (χ4v) is 3.24. The maximum absolute atomic E-state index is 12.6. The molecular formula is C16H24N2O3S. The summed E-state index contributed by atoms with van der Waals surface area (Å²) in [5, 5.41) is 3.62. The molecule has 0 bridgehead atoms. The van der Waals surface area contributed by atoms with Crippen molar-refractivity contribution in [1.29, 1.82) is 0 Å². The molecule has 0 aromatic carbocycles. The highest BCUT2D eigenvalue weighted by molar-refractivity contribution is 7.18. The second-order valence-electron chi connectivity index (χ2n) is 6.76. The molecule has 6 heteroatoms. The zero-order valence-corrected chi connectivity index (χ0v) is 14.7. The molecule has 1 aliphatic heterocycles. The van der Waals surface area contributed by atoms with Crippen LogP contribution >= 0.6 is 11.3 Å². The predicted molar refractivity (Wildman–Crippen MR) is 88.5 cm³/mol. The van der Waals surface area contributed by atoms with Gasteiger partial charge < -0.3 is 15.0 Å². The third kappa shape index (κ3) is 3.87. The fraction of sp³-hybridized carbons (Fsp3) is 0.625. The first-order valence-corrected chi connectivity index (χ1v) is 8.33. The Bertz CT molecular complexity index is 574. The van der Waals surface area contributed by atoms with Crippen LogP contribution < -0.4 is 5.32 Å². The summed E-state index contributed by atoms with van der Waals surface area (Å²) in [5.74, 6) is -0.0262. The summed E-state index contributed by atoms with van der Waals surface area (Å²) in [6.07, 6.45) is 0.0676. The number of rotatable bonds is 2. The first-order chi connectivity index (χ1) is 10.2. The minimum atomic E-state index is -0.457. The van der Waals surface area contributed by atoms with E-state index in [4.69, 9.17) is 4.74 Å². The summed E-state index contributed by atoms with van der Waals surface area (Å²) in [6, 6.07) is 1.87. The van der Waals surface area contributed by atoms with Crippen LogP contribution in [0.15, 0.2) is 6.07 Å². The summed E-state index contributed by atoms with van der Waals surface area (Å²) in [5.41, 5.74) is 0.445. The van der Waals surface area contributed by atoms with E-state index in [9.17, 15) is 9.59 Å². The average Bonchev–Trinajstić information content (AvgIpc) is 2.77. The highest BCUT2D eigenvalue weighted by Gasteiger charge is 2.26. The van der Waals surface area contributed by atoms with Crippen LogP contribution in [-0.4, -0.2) is 42.5 Å². The Hall–Kier alpha value is -1.40. The Morgan fingerprint density at radius 2 is 2.09 bits per heavy atom. The lowest BCUT2D eigenvalue weighted by Crippen LogP contribution is -2.44. The van der Waals surface area contributed by atoms with Gasteiger partial charge in [0, 0.05) is 18.5 Å². The van der Waals surface area contributed by atoms with E-state index in [1.807, 2.05) is 45.6 Å². The standard InChI is InChI=1S/C16H24N2O3S/c1-10-8-12(17-15(20)16(3,4)5)22-13(10)14(19)18-6-7-21-11(2)9-18/h8,11H,6-7,9H2,1-5H3,(H,17,20). The highest BCUT2D eigenvalue weighted by Crippen LogP contribution is 2.29. The Kier molecular flexibility index (Phi) is 4.92. The molecule has 2 rings (SSSR count). The van der Waals surface area contributed by atoms with E-state index in [0.29, 0.717) is 24.6 Å². The number of hydrogen-bond donors (Lipinski definition) is 1. The van der Waals surface area contributed by atoms with E-state index >= 15 is 0 Å². The lowest BCUT2D eigenvalue weighted by molar-refractivity contribution is -0.123. The van der Waals surface area contributed by atoms with Gasteiger partial charge in [-0.1, -0.05) is 20.8 Å². The van der Waals surface area contributed by atoms with E-state index in [0.717, 1.165) is 10.6 Å². The SMILES string of the molecule is Cc1cc(NC(=O)C(C)(C)C)sc1C(=O)N1CCOC(C)C1. The molecule has 1 saturated heterocycles. The van der Waals surface area contributed by atoms with E-state index in [-0.39, 0.29) is 17.9 Å². The van der Waals surface area contributed by atoms with E-state index < -0.39 is 5.41 Å². The van der Waals surface area contributed by atoms with Crippen molar-refractivity contribution in [3.63, 3.8) is 0 Å². The molecular weight excluding hydrogens is 300 g/mol. The highest BCUT2D eigenvalue weighted by atomic mass is 32.1. The Morgan fingerprint density at radius 1 is 1.41 bits per heavy atom. The van der Waals surface area contributed by atoms with Crippen molar-refractivity contribution >= 4 is 28.2 Å². The molecule has 1 N–H and O–H groups in total. The molecule has 2 heterocycles. The number of hydrogen-bond acceptors (Lipinski definition) is 4. The topological polar surface area (TPSA) is 58.6 Å². The average molecular weight is 324 g/mol. The third-order valence-electron chi connectivity index (χ3n) is 3.56. The van der Waals surface area contributed by atoms with Gasteiger partial charge in [0.25, 0.3) is 5.91 Å². The number of anilines is 1. The second kappa shape index (κ2) is 6.38. The monoisotopic (exact) mass is 324 g/mol. The maximum Gasteiger partial charge on any atom is 0.264 e. The van der Waals surface area contributed by atoms with Gasteiger partial charge >= 0.3 is 0 Å². The molecule has 122 valence electrons. The number of morpholine rings is 1. The van der Waals surface area contributed by atoms with E-state index in [1.165, 1.54) is 11.3 Å². The molecule has 0 radical (unpaired) electrons. The number of nitrogens with one attached hydrogen (secondary N) is 1. The van der Waals surface area contributed by atoms with Crippen LogP contribution in [0, 0.1) is 12.3 Å². The van der Waals surface area contributed by atoms with Crippen molar-refractivity contribution in [2.24, 2.45) is 5.41 Å². The van der Waals surface area contributed by atoms with Crippen molar-refractivity contribution < 1.29 is 14.3 Å². The van der Waals surface area contributed by atoms with Gasteiger partial charge in [0.15, 0.2) is 0 Å². The van der Waals surface area contributed by atoms with Crippen LogP contribution in [0.3, 0.4) is 0 Å². The molecule has 1 aliphatic rings. The number of amides is 2. The van der Waals surface area contributed by atoms with Crippen molar-refractivity contribution in [2.75, 3.05) is 25.0 Å². The van der Waals surface area contributed by atoms with Crippen LogP contribution in [0.2, 0.25) is 0 Å². The van der Waals surface area contributed by atoms with Crippen molar-refractivity contribution in [3.05, 3.63) is 16.5 Å². The fourth-order valence-electron chi connectivity index (χ4n) is 2.20. The molecule has 1 aromatic rings. The Morgan fingerprint density at radius 3 is 2.68 bits per heavy atom. The smallest absolute Gasteiger partial charge is 0.264 e. The van der Waals surface area contributed by atoms with Crippen LogP contribution in [0.4, 0.5) is 5.00 Å². The third-order valence-corrected chi connectivity index (χ3v) is 4.70. The van der Waals surface area contributed by atoms with Crippen molar-refractivity contribution in [1.82, 2.24) is 4.90 Å². The molecule has 1 fully saturated rings. The van der Waals surface area contributed by atoms with Crippen molar-refractivity contribution in [3.8, 4) is 0 Å². The molecule has 1 unspecified atom stereocenters. The van der Waals surface area contributed by atoms with Gasteiger partial charge in [-0.15, -0.1) is 11.3 Å². The van der Waals surface area contributed by atoms with Gasteiger partial charge in [-0.2, -0.15) is 0 Å². The minimum Gasteiger partial charge on any atom is -0.375 e. The molecule has 1 aromatic heterocycles. The van der Waals surface area contributed by atoms with Crippen LogP contribution in [-0.2, 0) is 9.53 Å². The van der Waals surface area contributed by atoms with Gasteiger partial charge in [0.05, 0.1) is 22.6 Å². The lowest BCUT2D eigenvalue weighted by Gasteiger charge is -2.31. The second-order valence-corrected chi connectivity index (χ2v) is 7.81. The molecule has 22 heavy (non-hydrogen) atoms. The zero-order valence-electron chi connectivity index (χ0n) is 13.9. The Balaban J connectivity index is 2.12. The largest absolute Gasteiger partial charge is 0.375 e. The van der Waals surface area contributed by atoms with Gasteiger partial charge in [0.1, 0.15) is 0 Å². The quantitative estimate of drug-likeness (QED) is 0.910. The number of carbonyl (C=O) groups is 2. The normalized spacial score (nSPS) is 19.1. The molecule has 1 atom stereocenters. The Labute approximate surface area is 135 Å². The van der Waals surface area contributed by atoms with E-state index in [1.54, 1.807) is 0 Å². The molecule has 0 saturated carbocycles. The van der Waals surface area contributed by atoms with Gasteiger partial charge in [-0.05, 0) is 25.5 Å².